The van der Waals surface area contributed by atoms with E-state index in [1.54, 1.807) is 21.3 Å². The summed E-state index contributed by atoms with van der Waals surface area (Å²) < 4.78 is 22.6. The molecule has 2 aliphatic heterocycles. The smallest absolute Gasteiger partial charge is 0.214 e. The van der Waals surface area contributed by atoms with Gasteiger partial charge in [-0.1, -0.05) is 12.1 Å². The molecule has 5 rings (SSSR count). The van der Waals surface area contributed by atoms with Crippen LogP contribution in [0.3, 0.4) is 0 Å². The summed E-state index contributed by atoms with van der Waals surface area (Å²) in [5.74, 6) is 3.27. The van der Waals surface area contributed by atoms with Gasteiger partial charge in [-0.3, -0.25) is 0 Å². The van der Waals surface area contributed by atoms with Crippen LogP contribution < -0.4 is 18.9 Å². The summed E-state index contributed by atoms with van der Waals surface area (Å²) in [6.45, 7) is 0. The van der Waals surface area contributed by atoms with Gasteiger partial charge in [-0.25, -0.2) is 5.01 Å². The molecular formula is C25H24N2O4. The van der Waals surface area contributed by atoms with Crippen LogP contribution in [0, 0.1) is 0 Å². The first-order valence-corrected chi connectivity index (χ1v) is 10.2. The van der Waals surface area contributed by atoms with E-state index >= 15 is 0 Å². The number of fused-ring (bicyclic) bond motifs is 3. The predicted octanol–water partition coefficient (Wildman–Crippen LogP) is 4.95. The van der Waals surface area contributed by atoms with E-state index in [2.05, 4.69) is 5.01 Å². The normalized spacial score (nSPS) is 19.1. The molecule has 2 atom stereocenters. The highest BCUT2D eigenvalue weighted by atomic mass is 16.5. The Morgan fingerprint density at radius 1 is 0.839 bits per heavy atom. The van der Waals surface area contributed by atoms with Crippen LogP contribution >= 0.6 is 0 Å². The lowest BCUT2D eigenvalue weighted by atomic mass is 9.95. The number of hydrogen-bond donors (Lipinski definition) is 0. The number of ether oxygens (including phenoxy) is 4. The van der Waals surface area contributed by atoms with Gasteiger partial charge in [0.2, 0.25) is 6.23 Å². The summed E-state index contributed by atoms with van der Waals surface area (Å²) in [5.41, 5.74) is 4.15. The minimum absolute atomic E-state index is 0.0483. The van der Waals surface area contributed by atoms with Crippen molar-refractivity contribution in [2.24, 2.45) is 5.10 Å². The number of hydrogen-bond acceptors (Lipinski definition) is 6. The number of benzene rings is 3. The van der Waals surface area contributed by atoms with Crippen LogP contribution in [0.5, 0.6) is 23.0 Å². The predicted molar refractivity (Wildman–Crippen MR) is 118 cm³/mol. The largest absolute Gasteiger partial charge is 0.497 e. The van der Waals surface area contributed by atoms with E-state index in [0.717, 1.165) is 51.8 Å². The van der Waals surface area contributed by atoms with Crippen LogP contribution in [-0.4, -0.2) is 32.0 Å². The molecule has 3 aromatic carbocycles. The zero-order chi connectivity index (χ0) is 21.4. The van der Waals surface area contributed by atoms with Gasteiger partial charge in [-0.2, -0.15) is 5.10 Å². The molecule has 158 valence electrons. The van der Waals surface area contributed by atoms with E-state index in [1.807, 2.05) is 66.7 Å². The average molecular weight is 416 g/mol. The average Bonchev–Trinajstić information content (AvgIpc) is 3.29. The number of rotatable bonds is 5. The number of nitrogens with zero attached hydrogens (tertiary/aromatic N) is 2. The molecule has 0 amide bonds. The van der Waals surface area contributed by atoms with Gasteiger partial charge in [-0.15, -0.1) is 0 Å². The Morgan fingerprint density at radius 2 is 1.55 bits per heavy atom. The Labute approximate surface area is 181 Å². The second kappa shape index (κ2) is 7.87. The van der Waals surface area contributed by atoms with Crippen molar-refractivity contribution < 1.29 is 18.9 Å². The van der Waals surface area contributed by atoms with Crippen molar-refractivity contribution in [3.8, 4) is 23.0 Å². The Morgan fingerprint density at radius 3 is 2.29 bits per heavy atom. The Kier molecular flexibility index (Phi) is 4.90. The molecule has 0 N–H and O–H groups in total. The molecule has 0 radical (unpaired) electrons. The summed E-state index contributed by atoms with van der Waals surface area (Å²) >= 11 is 0. The summed E-state index contributed by atoms with van der Waals surface area (Å²) in [5, 5.41) is 7.06. The Balaban J connectivity index is 1.58. The van der Waals surface area contributed by atoms with Crippen molar-refractivity contribution in [1.82, 2.24) is 5.01 Å². The first kappa shape index (κ1) is 19.3. The van der Waals surface area contributed by atoms with Crippen molar-refractivity contribution in [3.63, 3.8) is 0 Å². The van der Waals surface area contributed by atoms with Gasteiger partial charge >= 0.3 is 0 Å². The fourth-order valence-electron chi connectivity index (χ4n) is 4.17. The van der Waals surface area contributed by atoms with Crippen molar-refractivity contribution in [3.05, 3.63) is 83.4 Å². The molecule has 0 bridgehead atoms. The lowest BCUT2D eigenvalue weighted by molar-refractivity contribution is -0.0192. The van der Waals surface area contributed by atoms with Crippen LogP contribution in [-0.2, 0) is 0 Å². The third-order valence-electron chi connectivity index (χ3n) is 5.80. The van der Waals surface area contributed by atoms with Crippen LogP contribution in [0.2, 0.25) is 0 Å². The summed E-state index contributed by atoms with van der Waals surface area (Å²) in [6, 6.07) is 21.9. The quantitative estimate of drug-likeness (QED) is 0.589. The maximum absolute atomic E-state index is 6.44. The molecule has 6 heteroatoms. The summed E-state index contributed by atoms with van der Waals surface area (Å²) in [4.78, 5) is 0. The zero-order valence-electron chi connectivity index (χ0n) is 17.7. The first-order chi connectivity index (χ1) is 15.2. The molecule has 0 saturated carbocycles. The minimum Gasteiger partial charge on any atom is -0.497 e. The zero-order valence-corrected chi connectivity index (χ0v) is 17.7. The van der Waals surface area contributed by atoms with E-state index in [1.165, 1.54) is 0 Å². The lowest BCUT2D eigenvalue weighted by Crippen LogP contribution is -2.33. The second-order valence-corrected chi connectivity index (χ2v) is 7.53. The molecule has 0 saturated heterocycles. The highest BCUT2D eigenvalue weighted by molar-refractivity contribution is 6.02. The molecule has 2 unspecified atom stereocenters. The second-order valence-electron chi connectivity index (χ2n) is 7.53. The molecule has 2 heterocycles. The van der Waals surface area contributed by atoms with Gasteiger partial charge in [0.05, 0.1) is 33.1 Å². The van der Waals surface area contributed by atoms with E-state index in [-0.39, 0.29) is 12.3 Å². The van der Waals surface area contributed by atoms with E-state index in [0.29, 0.717) is 0 Å². The van der Waals surface area contributed by atoms with Crippen molar-refractivity contribution in [2.45, 2.75) is 18.7 Å². The standard InChI is InChI=1S/C25H24N2O4/c1-28-18-9-7-16(8-10-18)22-15-23-21-14-20(30-3)11-12-24(21)31-25(27(23)26-22)17-5-4-6-19(13-17)29-2/h4-14,23,25H,15H2,1-3H3. The van der Waals surface area contributed by atoms with Gasteiger partial charge in [0.25, 0.3) is 0 Å². The number of methoxy groups -OCH3 is 3. The van der Waals surface area contributed by atoms with Gasteiger partial charge in [0.1, 0.15) is 23.0 Å². The molecule has 0 fully saturated rings. The maximum Gasteiger partial charge on any atom is 0.214 e. The highest BCUT2D eigenvalue weighted by Crippen LogP contribution is 2.48. The van der Waals surface area contributed by atoms with E-state index in [4.69, 9.17) is 24.0 Å². The first-order valence-electron chi connectivity index (χ1n) is 10.2. The third kappa shape index (κ3) is 3.44. The molecule has 2 aliphatic rings. The number of hydrazone groups is 1. The summed E-state index contributed by atoms with van der Waals surface area (Å²) in [7, 11) is 5.01. The fourth-order valence-corrected chi connectivity index (χ4v) is 4.17. The topological polar surface area (TPSA) is 52.5 Å². The van der Waals surface area contributed by atoms with Crippen molar-refractivity contribution in [2.75, 3.05) is 21.3 Å². The Hall–Kier alpha value is -3.67. The molecule has 6 nitrogen and oxygen atoms in total. The van der Waals surface area contributed by atoms with Gasteiger partial charge < -0.3 is 18.9 Å². The monoisotopic (exact) mass is 416 g/mol. The van der Waals surface area contributed by atoms with Crippen molar-refractivity contribution in [1.29, 1.82) is 0 Å². The van der Waals surface area contributed by atoms with E-state index < -0.39 is 0 Å². The van der Waals surface area contributed by atoms with Gasteiger partial charge in [-0.05, 0) is 60.2 Å². The maximum atomic E-state index is 6.44. The molecule has 0 aromatic heterocycles. The highest BCUT2D eigenvalue weighted by Gasteiger charge is 2.41. The Bertz CT molecular complexity index is 1130. The van der Waals surface area contributed by atoms with Crippen LogP contribution in [0.1, 0.15) is 35.4 Å². The summed E-state index contributed by atoms with van der Waals surface area (Å²) in [6.07, 6.45) is 0.424. The third-order valence-corrected chi connectivity index (χ3v) is 5.80. The minimum atomic E-state index is -0.350. The van der Waals surface area contributed by atoms with Crippen LogP contribution in [0.4, 0.5) is 0 Å². The van der Waals surface area contributed by atoms with Crippen LogP contribution in [0.25, 0.3) is 0 Å². The molecular weight excluding hydrogens is 392 g/mol. The molecule has 0 spiro atoms. The molecule has 3 aromatic rings. The van der Waals surface area contributed by atoms with Crippen molar-refractivity contribution >= 4 is 5.71 Å². The lowest BCUT2D eigenvalue weighted by Gasteiger charge is -2.38. The molecule has 31 heavy (non-hydrogen) atoms. The SMILES string of the molecule is COc1ccc(C2=NN3C(C2)c2cc(OC)ccc2OC3c2cccc(OC)c2)cc1. The fraction of sp³-hybridized carbons (Fsp3) is 0.240. The van der Waals surface area contributed by atoms with Gasteiger partial charge in [0, 0.05) is 17.5 Å². The van der Waals surface area contributed by atoms with Crippen LogP contribution in [0.15, 0.2) is 71.8 Å². The molecule has 0 aliphatic carbocycles. The van der Waals surface area contributed by atoms with Gasteiger partial charge in [0.15, 0.2) is 0 Å². The van der Waals surface area contributed by atoms with E-state index in [9.17, 15) is 0 Å².